The molecule has 0 saturated heterocycles. The molecular formula is C18H15ClFN3O. The first kappa shape index (κ1) is 16.2. The van der Waals surface area contributed by atoms with Crippen LogP contribution in [0.4, 0.5) is 10.1 Å². The van der Waals surface area contributed by atoms with Gasteiger partial charge in [-0.1, -0.05) is 48.0 Å². The molecule has 2 aromatic carbocycles. The van der Waals surface area contributed by atoms with Crippen molar-refractivity contribution in [1.82, 2.24) is 9.78 Å². The van der Waals surface area contributed by atoms with Crippen LogP contribution in [0.2, 0.25) is 5.02 Å². The average molecular weight is 344 g/mol. The number of aromatic nitrogens is 2. The normalized spacial score (nSPS) is 10.7. The summed E-state index contributed by atoms with van der Waals surface area (Å²) in [5.74, 6) is -1.21. The maximum Gasteiger partial charge on any atom is 0.262 e. The van der Waals surface area contributed by atoms with E-state index in [1.54, 1.807) is 25.1 Å². The standard InChI is InChI=1S/C18H15ClFN3O/c1-11-16(17(20)23(2)22-11)18(24)21-15-10-6-4-8-13(15)12-7-3-5-9-14(12)19/h3-10H,1-2H3,(H,21,24). The number of carbonyl (C=O) groups is 1. The van der Waals surface area contributed by atoms with Gasteiger partial charge >= 0.3 is 0 Å². The molecule has 0 unspecified atom stereocenters. The molecule has 0 aliphatic carbocycles. The first-order valence-electron chi connectivity index (χ1n) is 7.33. The number of rotatable bonds is 3. The summed E-state index contributed by atoms with van der Waals surface area (Å²) < 4.78 is 15.1. The topological polar surface area (TPSA) is 46.9 Å². The number of amides is 1. The summed E-state index contributed by atoms with van der Waals surface area (Å²) in [5, 5.41) is 7.26. The number of carbonyl (C=O) groups excluding carboxylic acids is 1. The second-order valence-electron chi connectivity index (χ2n) is 5.35. The zero-order valence-electron chi connectivity index (χ0n) is 13.2. The Morgan fingerprint density at radius 2 is 1.75 bits per heavy atom. The fraction of sp³-hybridized carbons (Fsp3) is 0.111. The number of para-hydroxylation sites is 1. The van der Waals surface area contributed by atoms with Crippen LogP contribution >= 0.6 is 11.6 Å². The lowest BCUT2D eigenvalue weighted by Crippen LogP contribution is -2.15. The Hall–Kier alpha value is -2.66. The highest BCUT2D eigenvalue weighted by molar-refractivity contribution is 6.33. The van der Waals surface area contributed by atoms with Gasteiger partial charge in [0.25, 0.3) is 5.91 Å². The molecule has 4 nitrogen and oxygen atoms in total. The van der Waals surface area contributed by atoms with E-state index in [4.69, 9.17) is 11.6 Å². The van der Waals surface area contributed by atoms with Gasteiger partial charge in [0.15, 0.2) is 0 Å². The van der Waals surface area contributed by atoms with E-state index >= 15 is 0 Å². The van der Waals surface area contributed by atoms with E-state index in [1.807, 2.05) is 30.3 Å². The molecule has 3 rings (SSSR count). The van der Waals surface area contributed by atoms with Gasteiger partial charge in [-0.3, -0.25) is 4.79 Å². The lowest BCUT2D eigenvalue weighted by Gasteiger charge is -2.12. The van der Waals surface area contributed by atoms with Crippen LogP contribution in [0, 0.1) is 12.9 Å². The van der Waals surface area contributed by atoms with Gasteiger partial charge in [0.05, 0.1) is 5.69 Å². The lowest BCUT2D eigenvalue weighted by molar-refractivity contribution is 0.102. The van der Waals surface area contributed by atoms with Crippen molar-refractivity contribution in [2.24, 2.45) is 7.05 Å². The van der Waals surface area contributed by atoms with Crippen molar-refractivity contribution in [1.29, 1.82) is 0 Å². The van der Waals surface area contributed by atoms with Gasteiger partial charge < -0.3 is 5.32 Å². The van der Waals surface area contributed by atoms with Crippen LogP contribution < -0.4 is 5.32 Å². The minimum Gasteiger partial charge on any atom is -0.321 e. The van der Waals surface area contributed by atoms with Gasteiger partial charge in [-0.25, -0.2) is 4.68 Å². The van der Waals surface area contributed by atoms with Gasteiger partial charge in [-0.15, -0.1) is 0 Å². The second-order valence-corrected chi connectivity index (χ2v) is 5.76. The van der Waals surface area contributed by atoms with Crippen LogP contribution in [0.15, 0.2) is 48.5 Å². The highest BCUT2D eigenvalue weighted by Gasteiger charge is 2.21. The smallest absolute Gasteiger partial charge is 0.262 e. The van der Waals surface area contributed by atoms with Crippen LogP contribution in [0.5, 0.6) is 0 Å². The summed E-state index contributed by atoms with van der Waals surface area (Å²) >= 11 is 6.25. The van der Waals surface area contributed by atoms with Crippen molar-refractivity contribution in [2.45, 2.75) is 6.92 Å². The number of hydrogen-bond donors (Lipinski definition) is 1. The molecule has 0 fully saturated rings. The molecule has 1 N–H and O–H groups in total. The van der Waals surface area contributed by atoms with E-state index in [9.17, 15) is 9.18 Å². The average Bonchev–Trinajstić information content (AvgIpc) is 2.81. The Labute approximate surface area is 143 Å². The van der Waals surface area contributed by atoms with Gasteiger partial charge in [0.1, 0.15) is 5.56 Å². The van der Waals surface area contributed by atoms with Crippen molar-refractivity contribution in [3.05, 3.63) is 70.8 Å². The van der Waals surface area contributed by atoms with Crippen molar-refractivity contribution < 1.29 is 9.18 Å². The monoisotopic (exact) mass is 343 g/mol. The van der Waals surface area contributed by atoms with Gasteiger partial charge in [-0.2, -0.15) is 9.49 Å². The number of benzene rings is 2. The third-order valence-electron chi connectivity index (χ3n) is 3.72. The fourth-order valence-corrected chi connectivity index (χ4v) is 2.82. The first-order chi connectivity index (χ1) is 11.5. The minimum atomic E-state index is -0.666. The zero-order valence-corrected chi connectivity index (χ0v) is 13.9. The van der Waals surface area contributed by atoms with E-state index < -0.39 is 11.9 Å². The molecule has 122 valence electrons. The molecule has 0 saturated carbocycles. The molecule has 0 aliphatic rings. The van der Waals surface area contributed by atoms with Crippen LogP contribution in [-0.4, -0.2) is 15.7 Å². The maximum atomic E-state index is 14.1. The van der Waals surface area contributed by atoms with Crippen LogP contribution in [0.25, 0.3) is 11.1 Å². The van der Waals surface area contributed by atoms with E-state index in [2.05, 4.69) is 10.4 Å². The second kappa shape index (κ2) is 6.45. The van der Waals surface area contributed by atoms with Crippen molar-refractivity contribution in [3.63, 3.8) is 0 Å². The highest BCUT2D eigenvalue weighted by Crippen LogP contribution is 2.33. The molecule has 1 aromatic heterocycles. The van der Waals surface area contributed by atoms with Gasteiger partial charge in [-0.05, 0) is 19.1 Å². The Morgan fingerprint density at radius 3 is 2.38 bits per heavy atom. The van der Waals surface area contributed by atoms with Gasteiger partial charge in [0.2, 0.25) is 5.95 Å². The molecule has 1 amide bonds. The summed E-state index contributed by atoms with van der Waals surface area (Å²) in [6, 6.07) is 14.6. The Bertz CT molecular complexity index is 920. The summed E-state index contributed by atoms with van der Waals surface area (Å²) in [7, 11) is 1.46. The Morgan fingerprint density at radius 1 is 1.12 bits per heavy atom. The lowest BCUT2D eigenvalue weighted by atomic mass is 10.0. The summed E-state index contributed by atoms with van der Waals surface area (Å²) in [5.41, 5.74) is 2.38. The third kappa shape index (κ3) is 2.90. The molecule has 0 atom stereocenters. The zero-order chi connectivity index (χ0) is 17.3. The molecule has 0 radical (unpaired) electrons. The summed E-state index contributed by atoms with van der Waals surface area (Å²) in [6.07, 6.45) is 0. The molecule has 0 aliphatic heterocycles. The van der Waals surface area contributed by atoms with E-state index in [0.717, 1.165) is 15.8 Å². The van der Waals surface area contributed by atoms with Gasteiger partial charge in [0, 0.05) is 28.9 Å². The third-order valence-corrected chi connectivity index (χ3v) is 4.05. The number of anilines is 1. The molecular weight excluding hydrogens is 329 g/mol. The molecule has 0 bridgehead atoms. The fourth-order valence-electron chi connectivity index (χ4n) is 2.58. The highest BCUT2D eigenvalue weighted by atomic mass is 35.5. The minimum absolute atomic E-state index is 0.0635. The van der Waals surface area contributed by atoms with E-state index in [0.29, 0.717) is 16.4 Å². The van der Waals surface area contributed by atoms with Crippen molar-refractivity contribution in [2.75, 3.05) is 5.32 Å². The molecule has 3 aromatic rings. The van der Waals surface area contributed by atoms with Crippen molar-refractivity contribution >= 4 is 23.2 Å². The largest absolute Gasteiger partial charge is 0.321 e. The predicted octanol–water partition coefficient (Wildman–Crippen LogP) is 4.44. The maximum absolute atomic E-state index is 14.1. The quantitative estimate of drug-likeness (QED) is 0.764. The first-order valence-corrected chi connectivity index (χ1v) is 7.71. The van der Waals surface area contributed by atoms with Crippen LogP contribution in [-0.2, 0) is 7.05 Å². The molecule has 24 heavy (non-hydrogen) atoms. The molecule has 0 spiro atoms. The number of nitrogens with zero attached hydrogens (tertiary/aromatic N) is 2. The van der Waals surface area contributed by atoms with Crippen molar-refractivity contribution in [3.8, 4) is 11.1 Å². The van der Waals surface area contributed by atoms with E-state index in [-0.39, 0.29) is 5.56 Å². The predicted molar refractivity (Wildman–Crippen MR) is 92.7 cm³/mol. The SMILES string of the molecule is Cc1nn(C)c(F)c1C(=O)Nc1ccccc1-c1ccccc1Cl. The van der Waals surface area contributed by atoms with Crippen LogP contribution in [0.1, 0.15) is 16.1 Å². The number of halogens is 2. The van der Waals surface area contributed by atoms with Crippen LogP contribution in [0.3, 0.4) is 0 Å². The summed E-state index contributed by atoms with van der Waals surface area (Å²) in [4.78, 5) is 12.5. The summed E-state index contributed by atoms with van der Waals surface area (Å²) in [6.45, 7) is 1.60. The molecule has 1 heterocycles. The Balaban J connectivity index is 2.00. The number of hydrogen-bond acceptors (Lipinski definition) is 2. The molecule has 6 heteroatoms. The number of nitrogens with one attached hydrogen (secondary N) is 1. The van der Waals surface area contributed by atoms with E-state index in [1.165, 1.54) is 7.05 Å². The Kier molecular flexibility index (Phi) is 4.36. The number of aryl methyl sites for hydroxylation is 2.